The van der Waals surface area contributed by atoms with Crippen LogP contribution in [0.15, 0.2) is 48.5 Å². The molecule has 0 aliphatic rings. The molecule has 28 heavy (non-hydrogen) atoms. The number of carbonyl (C=O) groups is 4. The van der Waals surface area contributed by atoms with E-state index in [0.29, 0.717) is 0 Å². The summed E-state index contributed by atoms with van der Waals surface area (Å²) in [5.41, 5.74) is -0.254. The van der Waals surface area contributed by atoms with Gasteiger partial charge in [-0.1, -0.05) is 24.3 Å². The Morgan fingerprint density at radius 2 is 0.964 bits per heavy atom. The molecule has 2 N–H and O–H groups in total. The second-order valence-electron chi connectivity index (χ2n) is 4.75. The van der Waals surface area contributed by atoms with Gasteiger partial charge in [0, 0.05) is 25.0 Å². The van der Waals surface area contributed by atoms with Crippen LogP contribution >= 0.6 is 0 Å². The SMILES string of the molecule is CC(=O)Oc1ccccc1C(=O)[O-].CC(=O)Oc1ccccc1C(=O)[O-].O.[Ca+2]. The fourth-order valence-corrected chi connectivity index (χ4v) is 1.76. The van der Waals surface area contributed by atoms with Crippen LogP contribution in [0.25, 0.3) is 0 Å². The van der Waals surface area contributed by atoms with Crippen LogP contribution in [-0.2, 0) is 9.59 Å². The molecule has 9 nitrogen and oxygen atoms in total. The smallest absolute Gasteiger partial charge is 0.545 e. The number of esters is 2. The number of hydrogen-bond acceptors (Lipinski definition) is 8. The minimum Gasteiger partial charge on any atom is -0.545 e. The third-order valence-electron chi connectivity index (χ3n) is 2.72. The predicted molar refractivity (Wildman–Crippen MR) is 93.5 cm³/mol. The number of para-hydroxylation sites is 2. The molecule has 2 rings (SSSR count). The monoisotopic (exact) mass is 416 g/mol. The van der Waals surface area contributed by atoms with Gasteiger partial charge in [-0.3, -0.25) is 9.59 Å². The largest absolute Gasteiger partial charge is 2.00 e. The molecule has 0 fully saturated rings. The zero-order valence-corrected chi connectivity index (χ0v) is 17.3. The summed E-state index contributed by atoms with van der Waals surface area (Å²) >= 11 is 0. The second-order valence-corrected chi connectivity index (χ2v) is 4.75. The first kappa shape index (κ1) is 27.8. The average molecular weight is 416 g/mol. The summed E-state index contributed by atoms with van der Waals surface area (Å²) in [4.78, 5) is 42.1. The van der Waals surface area contributed by atoms with Crippen molar-refractivity contribution < 1.29 is 44.3 Å². The van der Waals surface area contributed by atoms with E-state index in [1.54, 1.807) is 12.1 Å². The molecule has 0 aliphatic heterocycles. The van der Waals surface area contributed by atoms with E-state index < -0.39 is 23.9 Å². The molecule has 0 spiro atoms. The van der Waals surface area contributed by atoms with E-state index in [0.717, 1.165) is 0 Å². The second kappa shape index (κ2) is 13.7. The summed E-state index contributed by atoms with van der Waals surface area (Å²) in [5.74, 6) is -3.83. The van der Waals surface area contributed by atoms with Crippen LogP contribution in [0.3, 0.4) is 0 Å². The van der Waals surface area contributed by atoms with Crippen LogP contribution in [0, 0.1) is 0 Å². The molecule has 0 atom stereocenters. The molecule has 0 amide bonds. The van der Waals surface area contributed by atoms with Crippen molar-refractivity contribution in [2.45, 2.75) is 13.8 Å². The standard InChI is InChI=1S/2C9H8O4.Ca.H2O/c2*1-6(10)13-8-5-3-2-4-7(8)9(11)12;;/h2*2-5H,1H3,(H,11,12);;1H2/q;;+2;/p-2. The van der Waals surface area contributed by atoms with E-state index in [1.165, 1.54) is 50.2 Å². The Morgan fingerprint density at radius 3 is 1.21 bits per heavy atom. The summed E-state index contributed by atoms with van der Waals surface area (Å²) in [7, 11) is 0. The van der Waals surface area contributed by atoms with Crippen molar-refractivity contribution in [2.75, 3.05) is 0 Å². The molecule has 10 heteroatoms. The summed E-state index contributed by atoms with van der Waals surface area (Å²) in [6, 6.07) is 11.6. The molecule has 0 unspecified atom stereocenters. The quantitative estimate of drug-likeness (QED) is 0.339. The molecular formula is C18H16CaO9. The fourth-order valence-electron chi connectivity index (χ4n) is 1.76. The van der Waals surface area contributed by atoms with Gasteiger partial charge in [0.25, 0.3) is 0 Å². The van der Waals surface area contributed by atoms with E-state index in [2.05, 4.69) is 9.47 Å². The maximum absolute atomic E-state index is 10.6. The molecule has 0 bridgehead atoms. The van der Waals surface area contributed by atoms with Gasteiger partial charge in [0.05, 0.1) is 11.9 Å². The molecule has 0 aliphatic carbocycles. The van der Waals surface area contributed by atoms with Crippen LogP contribution in [0.4, 0.5) is 0 Å². The average Bonchev–Trinajstić information content (AvgIpc) is 2.55. The van der Waals surface area contributed by atoms with Crippen molar-refractivity contribution in [1.82, 2.24) is 0 Å². The summed E-state index contributed by atoms with van der Waals surface area (Å²) < 4.78 is 9.29. The van der Waals surface area contributed by atoms with E-state index in [4.69, 9.17) is 0 Å². The Kier molecular flexibility index (Phi) is 13.6. The molecule has 144 valence electrons. The number of ether oxygens (including phenoxy) is 2. The van der Waals surface area contributed by atoms with Gasteiger partial charge in [-0.2, -0.15) is 0 Å². The van der Waals surface area contributed by atoms with Gasteiger partial charge in [0.15, 0.2) is 0 Å². The number of benzene rings is 2. The van der Waals surface area contributed by atoms with Gasteiger partial charge in [0.2, 0.25) is 0 Å². The third kappa shape index (κ3) is 9.47. The first-order valence-corrected chi connectivity index (χ1v) is 7.20. The van der Waals surface area contributed by atoms with Crippen LogP contribution in [0.2, 0.25) is 0 Å². The molecule has 0 saturated heterocycles. The van der Waals surface area contributed by atoms with Crippen LogP contribution in [0.1, 0.15) is 34.6 Å². The van der Waals surface area contributed by atoms with Crippen molar-refractivity contribution in [3.63, 3.8) is 0 Å². The van der Waals surface area contributed by atoms with Crippen molar-refractivity contribution in [3.8, 4) is 11.5 Å². The van der Waals surface area contributed by atoms with Crippen LogP contribution in [-0.4, -0.2) is 67.1 Å². The Labute approximate surface area is 190 Å². The van der Waals surface area contributed by atoms with E-state index in [9.17, 15) is 29.4 Å². The van der Waals surface area contributed by atoms with Gasteiger partial charge in [0.1, 0.15) is 11.5 Å². The van der Waals surface area contributed by atoms with Crippen molar-refractivity contribution >= 4 is 61.6 Å². The summed E-state index contributed by atoms with van der Waals surface area (Å²) in [5, 5.41) is 21.0. The Bertz CT molecular complexity index is 764. The van der Waals surface area contributed by atoms with Crippen LogP contribution < -0.4 is 19.7 Å². The van der Waals surface area contributed by atoms with Gasteiger partial charge < -0.3 is 34.8 Å². The molecule has 0 aromatic heterocycles. The topological polar surface area (TPSA) is 164 Å². The normalized spacial score (nSPS) is 8.64. The van der Waals surface area contributed by atoms with Gasteiger partial charge in [-0.25, -0.2) is 0 Å². The zero-order chi connectivity index (χ0) is 19.7. The van der Waals surface area contributed by atoms with Crippen molar-refractivity contribution in [2.24, 2.45) is 0 Å². The van der Waals surface area contributed by atoms with E-state index in [1.807, 2.05) is 0 Å². The Hall–Kier alpha value is -2.46. The van der Waals surface area contributed by atoms with Crippen molar-refractivity contribution in [3.05, 3.63) is 59.7 Å². The number of carboxylic acids is 2. The maximum atomic E-state index is 10.6. The zero-order valence-electron chi connectivity index (χ0n) is 15.1. The van der Waals surface area contributed by atoms with Gasteiger partial charge in [-0.15, -0.1) is 0 Å². The third-order valence-corrected chi connectivity index (χ3v) is 2.72. The molecule has 0 radical (unpaired) electrons. The minimum atomic E-state index is -1.36. The Morgan fingerprint density at radius 1 is 0.679 bits per heavy atom. The number of hydrogen-bond donors (Lipinski definition) is 0. The van der Waals surface area contributed by atoms with Crippen molar-refractivity contribution in [1.29, 1.82) is 0 Å². The van der Waals surface area contributed by atoms with E-state index >= 15 is 0 Å². The molecule has 2 aromatic carbocycles. The summed E-state index contributed by atoms with van der Waals surface area (Å²) in [6.45, 7) is 2.40. The van der Waals surface area contributed by atoms with Crippen LogP contribution in [0.5, 0.6) is 11.5 Å². The van der Waals surface area contributed by atoms with E-state index in [-0.39, 0.29) is 65.8 Å². The number of aromatic carboxylic acids is 2. The maximum Gasteiger partial charge on any atom is 2.00 e. The molecule has 0 saturated carbocycles. The first-order chi connectivity index (χ1) is 12.2. The fraction of sp³-hybridized carbons (Fsp3) is 0.111. The Balaban J connectivity index is 0. The summed E-state index contributed by atoms with van der Waals surface area (Å²) in [6.07, 6.45) is 0. The van der Waals surface area contributed by atoms with Gasteiger partial charge >= 0.3 is 49.7 Å². The number of rotatable bonds is 4. The number of carboxylic acid groups (broad SMARTS) is 2. The molecule has 0 heterocycles. The molecular weight excluding hydrogens is 400 g/mol. The predicted octanol–water partition coefficient (Wildman–Crippen LogP) is -1.25. The molecule has 2 aromatic rings. The minimum absolute atomic E-state index is 0. The first-order valence-electron chi connectivity index (χ1n) is 7.20. The van der Waals surface area contributed by atoms with Gasteiger partial charge in [-0.05, 0) is 24.3 Å². The number of carbonyl (C=O) groups excluding carboxylic acids is 4.